The van der Waals surface area contributed by atoms with Gasteiger partial charge in [-0.25, -0.2) is 14.8 Å². The lowest BCUT2D eigenvalue weighted by Gasteiger charge is -2.30. The predicted molar refractivity (Wildman–Crippen MR) is 207 cm³/mol. The molecule has 2 aromatic heterocycles. The molecular formula is C43H45N7O3. The molecule has 2 aliphatic rings. The van der Waals surface area contributed by atoms with Gasteiger partial charge >= 0.3 is 6.09 Å². The molecule has 10 nitrogen and oxygen atoms in total. The first-order valence-corrected chi connectivity index (χ1v) is 18.6. The van der Waals surface area contributed by atoms with Crippen molar-refractivity contribution in [2.24, 2.45) is 5.92 Å². The van der Waals surface area contributed by atoms with Gasteiger partial charge in [-0.05, 0) is 76.8 Å². The lowest BCUT2D eigenvalue weighted by Crippen LogP contribution is -2.51. The molecule has 2 saturated heterocycles. The highest BCUT2D eigenvalue weighted by Gasteiger charge is 2.37. The van der Waals surface area contributed by atoms with Crippen molar-refractivity contribution in [3.63, 3.8) is 0 Å². The van der Waals surface area contributed by atoms with Crippen molar-refractivity contribution >= 4 is 22.8 Å². The second kappa shape index (κ2) is 14.7. The zero-order valence-electron chi connectivity index (χ0n) is 30.3. The van der Waals surface area contributed by atoms with Gasteiger partial charge in [0, 0.05) is 18.2 Å². The van der Waals surface area contributed by atoms with Crippen molar-refractivity contribution in [2.45, 2.75) is 63.7 Å². The van der Waals surface area contributed by atoms with Crippen LogP contribution >= 0.6 is 0 Å². The fourth-order valence-electron chi connectivity index (χ4n) is 7.85. The summed E-state index contributed by atoms with van der Waals surface area (Å²) in [4.78, 5) is 43.9. The van der Waals surface area contributed by atoms with Gasteiger partial charge in [-0.2, -0.15) is 0 Å². The minimum Gasteiger partial charge on any atom is -0.453 e. The van der Waals surface area contributed by atoms with Gasteiger partial charge in [-0.15, -0.1) is 0 Å². The van der Waals surface area contributed by atoms with E-state index in [4.69, 9.17) is 14.7 Å². The number of imidazole rings is 2. The van der Waals surface area contributed by atoms with Crippen molar-refractivity contribution in [1.29, 1.82) is 0 Å². The molecule has 270 valence electrons. The minimum atomic E-state index is -0.668. The number of carbonyl (C=O) groups is 2. The Balaban J connectivity index is 0.938. The van der Waals surface area contributed by atoms with Crippen molar-refractivity contribution in [2.75, 3.05) is 13.7 Å². The number of hydrogen-bond acceptors (Lipinski definition) is 6. The molecule has 0 aliphatic carbocycles. The van der Waals surface area contributed by atoms with Gasteiger partial charge in [0.25, 0.3) is 0 Å². The Hall–Kier alpha value is -5.74. The number of fused-ring (bicyclic) bond motifs is 1. The van der Waals surface area contributed by atoms with E-state index in [-0.39, 0.29) is 23.9 Å². The summed E-state index contributed by atoms with van der Waals surface area (Å²) < 4.78 is 4.77. The number of hydrogen-bond donors (Lipinski definition) is 4. The van der Waals surface area contributed by atoms with E-state index in [2.05, 4.69) is 112 Å². The maximum absolute atomic E-state index is 13.6. The van der Waals surface area contributed by atoms with Crippen LogP contribution in [-0.2, 0) is 9.53 Å². The first-order chi connectivity index (χ1) is 25.8. The number of ether oxygens (including phenoxy) is 1. The normalized spacial score (nSPS) is 19.2. The highest BCUT2D eigenvalue weighted by molar-refractivity contribution is 5.91. The summed E-state index contributed by atoms with van der Waals surface area (Å²) in [5.74, 6) is 1.54. The molecule has 0 radical (unpaired) electrons. The standard InChI is InChI=1S/C43H45N7O3/c1-26(2)39(49-43(52)53-3)42(51)50-21-7-10-38(50)41-45-25-37(48-41)33-18-17-31-22-30(15-16-32(31)23-33)27-11-13-29(14-12-27)36-24-44-40(47-36)35-20-19-34(46-35)28-8-5-4-6-9-28/h4-6,8-9,11-18,22-26,34-35,38-39,46H,7,10,19-21H2,1-3H3,(H,44,47)(H,45,48)(H,49,52)/t34-,35+,38+,39+/m1/s1. The van der Waals surface area contributed by atoms with Crippen LogP contribution in [0.1, 0.15) is 74.9 Å². The fraction of sp³-hybridized carbons (Fsp3) is 0.302. The van der Waals surface area contributed by atoms with E-state index in [0.29, 0.717) is 12.6 Å². The Morgan fingerprint density at radius 1 is 0.755 bits per heavy atom. The van der Waals surface area contributed by atoms with Crippen LogP contribution in [0.5, 0.6) is 0 Å². The molecule has 4 aromatic carbocycles. The molecule has 8 rings (SSSR count). The van der Waals surface area contributed by atoms with Crippen LogP contribution in [0.2, 0.25) is 0 Å². The van der Waals surface area contributed by atoms with Gasteiger partial charge in [-0.1, -0.05) is 92.7 Å². The fourth-order valence-corrected chi connectivity index (χ4v) is 7.85. The predicted octanol–water partition coefficient (Wildman–Crippen LogP) is 8.50. The largest absolute Gasteiger partial charge is 0.453 e. The molecule has 4 heterocycles. The van der Waals surface area contributed by atoms with E-state index in [1.807, 2.05) is 31.1 Å². The van der Waals surface area contributed by atoms with Crippen molar-refractivity contribution in [3.8, 4) is 33.6 Å². The molecule has 4 atom stereocenters. The van der Waals surface area contributed by atoms with Crippen LogP contribution in [0.15, 0.2) is 103 Å². The number of rotatable bonds is 9. The van der Waals surface area contributed by atoms with Crippen molar-refractivity contribution < 1.29 is 14.3 Å². The van der Waals surface area contributed by atoms with E-state index < -0.39 is 12.1 Å². The molecule has 0 saturated carbocycles. The molecule has 0 spiro atoms. The topological polar surface area (TPSA) is 128 Å². The highest BCUT2D eigenvalue weighted by Crippen LogP contribution is 2.36. The Kier molecular flexibility index (Phi) is 9.53. The van der Waals surface area contributed by atoms with Crippen LogP contribution in [0.25, 0.3) is 44.4 Å². The summed E-state index contributed by atoms with van der Waals surface area (Å²) in [6.07, 6.45) is 7.00. The molecular weight excluding hydrogens is 663 g/mol. The first-order valence-electron chi connectivity index (χ1n) is 18.6. The number of alkyl carbamates (subject to hydrolysis) is 1. The average molecular weight is 708 g/mol. The molecule has 2 amide bonds. The number of aromatic amines is 2. The van der Waals surface area contributed by atoms with E-state index >= 15 is 0 Å². The summed E-state index contributed by atoms with van der Waals surface area (Å²) in [6.45, 7) is 4.45. The van der Waals surface area contributed by atoms with Crippen LogP contribution in [-0.4, -0.2) is 56.5 Å². The number of aromatic nitrogens is 4. The van der Waals surface area contributed by atoms with Crippen LogP contribution < -0.4 is 10.6 Å². The quantitative estimate of drug-likeness (QED) is 0.119. The average Bonchev–Trinajstić information content (AvgIpc) is 4.03. The number of nitrogens with zero attached hydrogens (tertiary/aromatic N) is 3. The zero-order valence-corrected chi connectivity index (χ0v) is 30.3. The monoisotopic (exact) mass is 707 g/mol. The van der Waals surface area contributed by atoms with Crippen molar-refractivity contribution in [3.05, 3.63) is 121 Å². The summed E-state index contributed by atoms with van der Waals surface area (Å²) in [5, 5.41) is 8.74. The maximum Gasteiger partial charge on any atom is 0.407 e. The Labute approximate surface area is 309 Å². The third-order valence-corrected chi connectivity index (χ3v) is 10.8. The van der Waals surface area contributed by atoms with Gasteiger partial charge in [0.1, 0.15) is 17.7 Å². The minimum absolute atomic E-state index is 0.0864. The highest BCUT2D eigenvalue weighted by atomic mass is 16.5. The van der Waals surface area contributed by atoms with Gasteiger partial charge in [0.05, 0.1) is 43.0 Å². The van der Waals surface area contributed by atoms with Crippen molar-refractivity contribution in [1.82, 2.24) is 35.5 Å². The summed E-state index contributed by atoms with van der Waals surface area (Å²) in [6, 6.07) is 32.0. The third kappa shape index (κ3) is 7.06. The number of H-pyrrole nitrogens is 2. The summed E-state index contributed by atoms with van der Waals surface area (Å²) in [5.41, 5.74) is 7.69. The number of amides is 2. The van der Waals surface area contributed by atoms with Gasteiger partial charge in [-0.3, -0.25) is 4.79 Å². The van der Waals surface area contributed by atoms with Gasteiger partial charge in [0.15, 0.2) is 0 Å². The molecule has 2 aliphatic heterocycles. The number of methoxy groups -OCH3 is 1. The lowest BCUT2D eigenvalue weighted by molar-refractivity contribution is -0.135. The van der Waals surface area contributed by atoms with Gasteiger partial charge < -0.3 is 30.2 Å². The molecule has 4 N–H and O–H groups in total. The van der Waals surface area contributed by atoms with E-state index in [9.17, 15) is 9.59 Å². The van der Waals surface area contributed by atoms with Crippen LogP contribution in [0.4, 0.5) is 4.79 Å². The molecule has 0 unspecified atom stereocenters. The van der Waals surface area contributed by atoms with Crippen LogP contribution in [0, 0.1) is 5.92 Å². The zero-order chi connectivity index (χ0) is 36.5. The van der Waals surface area contributed by atoms with E-state index in [1.54, 1.807) is 0 Å². The SMILES string of the molecule is COC(=O)N[C@H](C(=O)N1CCC[C@H]1c1ncc(-c2ccc3cc(-c4ccc(-c5cnc([C@@H]6CC[C@H](c7ccccc7)N6)[nH]5)cc4)ccc3c2)[nH]1)C(C)C. The first kappa shape index (κ1) is 34.4. The number of nitrogens with one attached hydrogen (secondary N) is 4. The summed E-state index contributed by atoms with van der Waals surface area (Å²) >= 11 is 0. The summed E-state index contributed by atoms with van der Waals surface area (Å²) in [7, 11) is 1.30. The third-order valence-electron chi connectivity index (χ3n) is 10.8. The second-order valence-corrected chi connectivity index (χ2v) is 14.5. The molecule has 53 heavy (non-hydrogen) atoms. The molecule has 6 aromatic rings. The van der Waals surface area contributed by atoms with Gasteiger partial charge in [0.2, 0.25) is 5.91 Å². The smallest absolute Gasteiger partial charge is 0.407 e. The number of benzene rings is 4. The Morgan fingerprint density at radius 2 is 1.38 bits per heavy atom. The number of likely N-dealkylation sites (tertiary alicyclic amines) is 1. The lowest BCUT2D eigenvalue weighted by atomic mass is 9.98. The molecule has 0 bridgehead atoms. The Bertz CT molecular complexity index is 2230. The Morgan fingerprint density at radius 3 is 2.11 bits per heavy atom. The number of carbonyl (C=O) groups excluding carboxylic acids is 2. The van der Waals surface area contributed by atoms with Crippen LogP contribution in [0.3, 0.4) is 0 Å². The molecule has 10 heteroatoms. The van der Waals surface area contributed by atoms with E-state index in [1.165, 1.54) is 12.7 Å². The van der Waals surface area contributed by atoms with E-state index in [0.717, 1.165) is 81.7 Å². The maximum atomic E-state index is 13.6. The molecule has 2 fully saturated rings. The second-order valence-electron chi connectivity index (χ2n) is 14.5.